The van der Waals surface area contributed by atoms with Crippen LogP contribution in [0, 0.1) is 11.7 Å². The molecule has 8 rings (SSSR count). The molecule has 0 spiro atoms. The zero-order chi connectivity index (χ0) is 39.1. The van der Waals surface area contributed by atoms with Gasteiger partial charge in [-0.3, -0.25) is 34.1 Å². The molecule has 15 heteroatoms. The fourth-order valence-electron chi connectivity index (χ4n) is 8.63. The number of aromatic nitrogens is 3. The Balaban J connectivity index is 0.808. The molecule has 3 fully saturated rings. The average Bonchev–Trinajstić information content (AvgIpc) is 3.78. The summed E-state index contributed by atoms with van der Waals surface area (Å²) in [6.07, 6.45) is 12.4. The number of halogens is 3. The highest BCUT2D eigenvalue weighted by molar-refractivity contribution is 6.36. The van der Waals surface area contributed by atoms with Gasteiger partial charge in [-0.2, -0.15) is 5.10 Å². The normalized spacial score (nSPS) is 22.1. The summed E-state index contributed by atoms with van der Waals surface area (Å²) >= 11 is 12.3. The fraction of sp³-hybridized carbons (Fsp3) is 0.415. The Labute approximate surface area is 333 Å². The van der Waals surface area contributed by atoms with Gasteiger partial charge in [-0.25, -0.2) is 9.37 Å². The number of piperidine rings is 2. The van der Waals surface area contributed by atoms with Gasteiger partial charge in [-0.15, -0.1) is 0 Å². The zero-order valence-electron chi connectivity index (χ0n) is 30.7. The Hall–Kier alpha value is -4.85. The van der Waals surface area contributed by atoms with E-state index in [-0.39, 0.29) is 42.1 Å². The number of hydrogen-bond donors (Lipinski definition) is 2. The van der Waals surface area contributed by atoms with Crippen LogP contribution in [-0.4, -0.2) is 80.5 Å². The van der Waals surface area contributed by atoms with Crippen molar-refractivity contribution < 1.29 is 28.3 Å². The average molecular weight is 803 g/mol. The lowest BCUT2D eigenvalue weighted by atomic mass is 9.84. The van der Waals surface area contributed by atoms with E-state index >= 15 is 0 Å². The summed E-state index contributed by atoms with van der Waals surface area (Å²) in [5, 5.41) is 7.32. The highest BCUT2D eigenvalue weighted by atomic mass is 35.5. The Morgan fingerprint density at radius 1 is 0.893 bits per heavy atom. The molecule has 3 N–H and O–H groups in total. The zero-order valence-corrected chi connectivity index (χ0v) is 32.2. The SMILES string of the molecule is Nc1ncc(-c2cnn(C3CCC(CN4CCC(c5ccc6c(c5)C(=O)N([C@@H]5CCC(=O)NC5=O)C6=O)CC4)CC3)c2)cc1OCCc1c(Cl)ccc(F)c1Cl. The van der Waals surface area contributed by atoms with Crippen LogP contribution in [-0.2, 0) is 16.0 Å². The minimum atomic E-state index is -0.963. The summed E-state index contributed by atoms with van der Waals surface area (Å²) in [7, 11) is 0. The molecule has 4 aromatic rings. The molecular formula is C41H42Cl2FN7O5. The molecule has 5 heterocycles. The number of nitrogens with zero attached hydrogens (tertiary/aromatic N) is 5. The number of benzene rings is 2. The number of hydrogen-bond acceptors (Lipinski definition) is 9. The van der Waals surface area contributed by atoms with Gasteiger partial charge in [-0.05, 0) is 111 Å². The first-order chi connectivity index (χ1) is 27.0. The van der Waals surface area contributed by atoms with Gasteiger partial charge in [0.15, 0.2) is 11.6 Å². The highest BCUT2D eigenvalue weighted by Crippen LogP contribution is 2.37. The Morgan fingerprint density at radius 3 is 2.43 bits per heavy atom. The van der Waals surface area contributed by atoms with E-state index in [4.69, 9.17) is 38.8 Å². The van der Waals surface area contributed by atoms with Gasteiger partial charge < -0.3 is 15.4 Å². The molecule has 12 nitrogen and oxygen atoms in total. The molecule has 3 aliphatic heterocycles. The number of amides is 4. The van der Waals surface area contributed by atoms with Crippen LogP contribution >= 0.6 is 23.2 Å². The van der Waals surface area contributed by atoms with Crippen LogP contribution < -0.4 is 15.8 Å². The van der Waals surface area contributed by atoms with Crippen molar-refractivity contribution in [3.63, 3.8) is 0 Å². The number of ether oxygens (including phenoxy) is 1. The molecular weight excluding hydrogens is 760 g/mol. The van der Waals surface area contributed by atoms with E-state index < -0.39 is 29.6 Å². The maximum Gasteiger partial charge on any atom is 0.262 e. The molecule has 292 valence electrons. The van der Waals surface area contributed by atoms with Crippen LogP contribution in [0.25, 0.3) is 11.1 Å². The van der Waals surface area contributed by atoms with Gasteiger partial charge in [0.05, 0.1) is 35.0 Å². The molecule has 0 radical (unpaired) electrons. The third kappa shape index (κ3) is 7.64. The first-order valence-electron chi connectivity index (χ1n) is 19.2. The number of rotatable bonds is 10. The number of fused-ring (bicyclic) bond motifs is 1. The number of nitrogen functional groups attached to an aromatic ring is 1. The molecule has 1 aliphatic carbocycles. The van der Waals surface area contributed by atoms with Crippen LogP contribution in [0.1, 0.15) is 95.2 Å². The number of likely N-dealkylation sites (tertiary alicyclic amines) is 1. The van der Waals surface area contributed by atoms with Crippen molar-refractivity contribution in [2.45, 2.75) is 75.8 Å². The standard InChI is InChI=1S/C41H42Cl2FN7O5/c42-32-7-8-33(44)37(43)30(32)13-16-56-35-18-26(19-46-38(35)45)27-20-47-50(22-27)28-4-1-23(2-5-28)21-49-14-11-24(12-15-49)25-3-6-29-31(17-25)41(55)51(40(29)54)34-9-10-36(52)48-39(34)53/h3,6-8,17-20,22-24,28,34H,1-2,4-5,9-16,21H2,(H2,45,46)(H,48,52,53)/t23?,28?,34-/m1/s1. The molecule has 2 aromatic heterocycles. The molecule has 0 unspecified atom stereocenters. The quantitative estimate of drug-likeness (QED) is 0.133. The number of pyridine rings is 1. The van der Waals surface area contributed by atoms with Crippen molar-refractivity contribution in [2.24, 2.45) is 5.92 Å². The van der Waals surface area contributed by atoms with Crippen LogP contribution in [0.2, 0.25) is 10.0 Å². The third-order valence-electron chi connectivity index (χ3n) is 11.8. The number of nitrogens with one attached hydrogen (secondary N) is 1. The van der Waals surface area contributed by atoms with E-state index in [0.29, 0.717) is 45.8 Å². The van der Waals surface area contributed by atoms with Crippen molar-refractivity contribution in [3.8, 4) is 16.9 Å². The lowest BCUT2D eigenvalue weighted by molar-refractivity contribution is -0.136. The molecule has 4 aliphatic rings. The summed E-state index contributed by atoms with van der Waals surface area (Å²) in [6.45, 7) is 3.17. The topological polar surface area (TPSA) is 153 Å². The van der Waals surface area contributed by atoms with Crippen LogP contribution in [0.15, 0.2) is 55.0 Å². The van der Waals surface area contributed by atoms with Gasteiger partial charge in [0.2, 0.25) is 11.8 Å². The maximum atomic E-state index is 13.9. The first kappa shape index (κ1) is 38.0. The van der Waals surface area contributed by atoms with E-state index in [2.05, 4.69) is 19.9 Å². The molecule has 1 atom stereocenters. The molecule has 56 heavy (non-hydrogen) atoms. The molecule has 4 amide bonds. The van der Waals surface area contributed by atoms with E-state index in [9.17, 15) is 23.6 Å². The largest absolute Gasteiger partial charge is 0.489 e. The predicted molar refractivity (Wildman–Crippen MR) is 208 cm³/mol. The van der Waals surface area contributed by atoms with E-state index in [1.165, 1.54) is 12.1 Å². The molecule has 2 aromatic carbocycles. The van der Waals surface area contributed by atoms with Crippen molar-refractivity contribution in [1.29, 1.82) is 0 Å². The molecule has 0 bridgehead atoms. The lowest BCUT2D eigenvalue weighted by Crippen LogP contribution is -2.54. The van der Waals surface area contributed by atoms with Crippen molar-refractivity contribution in [3.05, 3.63) is 93.1 Å². The second kappa shape index (κ2) is 16.0. The maximum absolute atomic E-state index is 13.9. The Morgan fingerprint density at radius 2 is 1.66 bits per heavy atom. The van der Waals surface area contributed by atoms with Crippen LogP contribution in [0.3, 0.4) is 0 Å². The van der Waals surface area contributed by atoms with Gasteiger partial charge in [-0.1, -0.05) is 29.3 Å². The monoisotopic (exact) mass is 801 g/mol. The van der Waals surface area contributed by atoms with Gasteiger partial charge in [0.1, 0.15) is 11.9 Å². The lowest BCUT2D eigenvalue weighted by Gasteiger charge is -2.37. The Kier molecular flexibility index (Phi) is 10.8. The van der Waals surface area contributed by atoms with Crippen molar-refractivity contribution in [1.82, 2.24) is 29.9 Å². The van der Waals surface area contributed by atoms with Crippen LogP contribution in [0.5, 0.6) is 5.75 Å². The van der Waals surface area contributed by atoms with Gasteiger partial charge >= 0.3 is 0 Å². The highest BCUT2D eigenvalue weighted by Gasteiger charge is 2.45. The number of carbonyl (C=O) groups excluding carboxylic acids is 4. The van der Waals surface area contributed by atoms with E-state index in [1.54, 1.807) is 12.3 Å². The third-order valence-corrected chi connectivity index (χ3v) is 12.6. The second-order valence-corrected chi connectivity index (χ2v) is 16.0. The smallest absolute Gasteiger partial charge is 0.262 e. The molecule has 1 saturated carbocycles. The van der Waals surface area contributed by atoms with Gasteiger partial charge in [0, 0.05) is 47.9 Å². The van der Waals surface area contributed by atoms with Crippen molar-refractivity contribution >= 4 is 52.6 Å². The summed E-state index contributed by atoms with van der Waals surface area (Å²) in [4.78, 5) is 58.4. The van der Waals surface area contributed by atoms with E-state index in [0.717, 1.165) is 79.7 Å². The van der Waals surface area contributed by atoms with Crippen LogP contribution in [0.4, 0.5) is 10.2 Å². The van der Waals surface area contributed by atoms with E-state index in [1.807, 2.05) is 30.6 Å². The minimum absolute atomic E-state index is 0.0139. The summed E-state index contributed by atoms with van der Waals surface area (Å²) in [5.41, 5.74) is 10.0. The minimum Gasteiger partial charge on any atom is -0.489 e. The summed E-state index contributed by atoms with van der Waals surface area (Å²) in [6, 6.07) is 9.39. The molecule has 2 saturated heterocycles. The Bertz CT molecular complexity index is 2200. The number of carbonyl (C=O) groups is 4. The summed E-state index contributed by atoms with van der Waals surface area (Å²) in [5.74, 6) is -0.902. The van der Waals surface area contributed by atoms with Gasteiger partial charge in [0.25, 0.3) is 11.8 Å². The number of imide groups is 2. The number of nitrogens with two attached hydrogens (primary N) is 1. The fourth-order valence-corrected chi connectivity index (χ4v) is 9.18. The number of anilines is 1. The second-order valence-electron chi connectivity index (χ2n) is 15.2. The van der Waals surface area contributed by atoms with Crippen molar-refractivity contribution in [2.75, 3.05) is 32.0 Å². The predicted octanol–water partition coefficient (Wildman–Crippen LogP) is 6.61. The summed E-state index contributed by atoms with van der Waals surface area (Å²) < 4.78 is 21.9. The first-order valence-corrected chi connectivity index (χ1v) is 19.9.